The van der Waals surface area contributed by atoms with E-state index < -0.39 is 29.8 Å². The van der Waals surface area contributed by atoms with Gasteiger partial charge < -0.3 is 26.0 Å². The largest absolute Gasteiger partial charge is 0.416 e. The van der Waals surface area contributed by atoms with Crippen molar-refractivity contribution in [2.45, 2.75) is 58.0 Å². The van der Waals surface area contributed by atoms with Crippen LogP contribution in [0.5, 0.6) is 0 Å². The lowest BCUT2D eigenvalue weighted by molar-refractivity contribution is -0.137. The van der Waals surface area contributed by atoms with E-state index in [4.69, 9.17) is 0 Å². The smallest absolute Gasteiger partial charge is 0.390 e. The number of aliphatic hydroxyl groups excluding tert-OH is 1. The molecule has 0 radical (unpaired) electrons. The van der Waals surface area contributed by atoms with Gasteiger partial charge in [-0.25, -0.2) is 0 Å². The number of aliphatic hydroxyl groups is 1. The molecule has 0 aromatic heterocycles. The molecule has 3 aromatic carbocycles. The second kappa shape index (κ2) is 13.8. The number of nitrogens with zero attached hydrogens (tertiary/aromatic N) is 1. The van der Waals surface area contributed by atoms with E-state index in [0.717, 1.165) is 35.4 Å². The lowest BCUT2D eigenvalue weighted by Crippen LogP contribution is -2.48. The third-order valence-electron chi connectivity index (χ3n) is 7.39. The van der Waals surface area contributed by atoms with Gasteiger partial charge in [-0.2, -0.15) is 13.2 Å². The first-order valence-electron chi connectivity index (χ1n) is 14.2. The van der Waals surface area contributed by atoms with Crippen LogP contribution < -0.4 is 20.9 Å². The number of benzene rings is 3. The fourth-order valence-corrected chi connectivity index (χ4v) is 5.15. The monoisotopic (exact) mass is 582 g/mol. The van der Waals surface area contributed by atoms with Crippen molar-refractivity contribution >= 4 is 23.2 Å². The average molecular weight is 583 g/mol. The summed E-state index contributed by atoms with van der Waals surface area (Å²) in [7, 11) is 0. The Morgan fingerprint density at radius 2 is 1.79 bits per heavy atom. The topological polar surface area (TPSA) is 93.7 Å². The number of halogens is 3. The Bertz CT molecular complexity index is 1380. The average Bonchev–Trinajstić information content (AvgIpc) is 3.39. The Balaban J connectivity index is 1.52. The minimum absolute atomic E-state index is 0.0160. The lowest BCUT2D eigenvalue weighted by Gasteiger charge is -2.26. The summed E-state index contributed by atoms with van der Waals surface area (Å²) in [6.45, 7) is 5.24. The van der Waals surface area contributed by atoms with Crippen LogP contribution in [0.3, 0.4) is 0 Å². The summed E-state index contributed by atoms with van der Waals surface area (Å²) in [4.78, 5) is 27.8. The van der Waals surface area contributed by atoms with Gasteiger partial charge in [0.05, 0.1) is 17.7 Å². The summed E-state index contributed by atoms with van der Waals surface area (Å²) in [5.74, 6) is -0.387. The van der Waals surface area contributed by atoms with Crippen LogP contribution in [-0.4, -0.2) is 48.7 Å². The quantitative estimate of drug-likeness (QED) is 0.240. The van der Waals surface area contributed by atoms with Crippen LogP contribution in [0.1, 0.15) is 52.4 Å². The van der Waals surface area contributed by atoms with E-state index in [9.17, 15) is 27.9 Å². The molecule has 1 fully saturated rings. The van der Waals surface area contributed by atoms with E-state index in [1.54, 1.807) is 23.1 Å². The standard InChI is InChI=1S/C32H37F3N4O3/c1-3-37-26-17-24(18-28(21(26)2)39-14-8-13-30(39)41)31(42)38-27(16-22-9-5-4-6-10-22)29(40)20-36-19-23-11-7-12-25(15-23)32(33,34)35/h4-7,9-12,15,17-18,27,29,36-37,40H,3,8,13-14,16,19-20H2,1-2H3,(H,38,42). The van der Waals surface area contributed by atoms with Crippen LogP contribution in [0.25, 0.3) is 0 Å². The number of amides is 2. The first kappa shape index (κ1) is 31.1. The maximum Gasteiger partial charge on any atom is 0.416 e. The second-order valence-electron chi connectivity index (χ2n) is 10.5. The number of rotatable bonds is 12. The van der Waals surface area contributed by atoms with Gasteiger partial charge in [0.1, 0.15) is 0 Å². The molecule has 4 N–H and O–H groups in total. The first-order valence-corrected chi connectivity index (χ1v) is 14.2. The van der Waals surface area contributed by atoms with E-state index in [1.807, 2.05) is 44.2 Å². The molecule has 3 aromatic rings. The molecule has 1 saturated heterocycles. The third-order valence-corrected chi connectivity index (χ3v) is 7.39. The molecule has 42 heavy (non-hydrogen) atoms. The van der Waals surface area contributed by atoms with Crippen LogP contribution in [0.15, 0.2) is 66.7 Å². The molecule has 2 atom stereocenters. The van der Waals surface area contributed by atoms with Gasteiger partial charge in [-0.3, -0.25) is 9.59 Å². The number of anilines is 2. The number of carbonyl (C=O) groups excluding carboxylic acids is 2. The molecule has 10 heteroatoms. The van der Waals surface area contributed by atoms with Crippen molar-refractivity contribution in [3.8, 4) is 0 Å². The Kier molecular flexibility index (Phi) is 10.2. The SMILES string of the molecule is CCNc1cc(C(=O)NC(Cc2ccccc2)C(O)CNCc2cccc(C(F)(F)F)c2)cc(N2CCCC2=O)c1C. The molecule has 0 aliphatic carbocycles. The zero-order valence-corrected chi connectivity index (χ0v) is 23.8. The summed E-state index contributed by atoms with van der Waals surface area (Å²) in [5, 5.41) is 20.4. The van der Waals surface area contributed by atoms with Gasteiger partial charge in [-0.05, 0) is 61.6 Å². The predicted octanol–water partition coefficient (Wildman–Crippen LogP) is 5.06. The number of carbonyl (C=O) groups is 2. The van der Waals surface area contributed by atoms with Crippen molar-refractivity contribution in [1.29, 1.82) is 0 Å². The van der Waals surface area contributed by atoms with Gasteiger partial charge in [0.25, 0.3) is 5.91 Å². The fraction of sp³-hybridized carbons (Fsp3) is 0.375. The Morgan fingerprint density at radius 1 is 1.05 bits per heavy atom. The summed E-state index contributed by atoms with van der Waals surface area (Å²) in [6.07, 6.45) is -3.93. The maximum atomic E-state index is 13.6. The highest BCUT2D eigenvalue weighted by molar-refractivity contribution is 6.01. The van der Waals surface area contributed by atoms with Gasteiger partial charge in [0.15, 0.2) is 0 Å². The van der Waals surface area contributed by atoms with Crippen molar-refractivity contribution < 1.29 is 27.9 Å². The molecule has 4 rings (SSSR count). The van der Waals surface area contributed by atoms with Crippen LogP contribution in [0.2, 0.25) is 0 Å². The number of alkyl halides is 3. The van der Waals surface area contributed by atoms with Crippen molar-refractivity contribution in [2.24, 2.45) is 0 Å². The summed E-state index contributed by atoms with van der Waals surface area (Å²) < 4.78 is 39.3. The molecule has 1 aliphatic rings. The minimum atomic E-state index is -4.44. The molecule has 7 nitrogen and oxygen atoms in total. The van der Waals surface area contributed by atoms with Crippen LogP contribution in [0, 0.1) is 6.92 Å². The third kappa shape index (κ3) is 7.89. The van der Waals surface area contributed by atoms with E-state index in [2.05, 4.69) is 16.0 Å². The Morgan fingerprint density at radius 3 is 2.45 bits per heavy atom. The van der Waals surface area contributed by atoms with Crippen molar-refractivity contribution in [2.75, 3.05) is 29.9 Å². The minimum Gasteiger partial charge on any atom is -0.390 e. The molecule has 0 bridgehead atoms. The summed E-state index contributed by atoms with van der Waals surface area (Å²) in [6, 6.07) is 17.2. The normalized spacial score (nSPS) is 15.0. The van der Waals surface area contributed by atoms with Crippen LogP contribution in [-0.2, 0) is 23.9 Å². The highest BCUT2D eigenvalue weighted by Gasteiger charge is 2.30. The van der Waals surface area contributed by atoms with E-state index in [0.29, 0.717) is 42.7 Å². The lowest BCUT2D eigenvalue weighted by atomic mass is 9.99. The van der Waals surface area contributed by atoms with E-state index in [-0.39, 0.29) is 19.0 Å². The summed E-state index contributed by atoms with van der Waals surface area (Å²) in [5.41, 5.74) is 3.27. The molecule has 0 saturated carbocycles. The van der Waals surface area contributed by atoms with Crippen molar-refractivity contribution in [3.63, 3.8) is 0 Å². The zero-order chi connectivity index (χ0) is 30.3. The molecule has 2 unspecified atom stereocenters. The number of hydrogen-bond acceptors (Lipinski definition) is 5. The van der Waals surface area contributed by atoms with Crippen LogP contribution in [0.4, 0.5) is 24.5 Å². The molecule has 1 heterocycles. The number of nitrogens with one attached hydrogen (secondary N) is 3. The van der Waals surface area contributed by atoms with Crippen molar-refractivity contribution in [3.05, 3.63) is 94.5 Å². The fourth-order valence-electron chi connectivity index (χ4n) is 5.15. The van der Waals surface area contributed by atoms with Gasteiger partial charge in [0.2, 0.25) is 5.91 Å². The zero-order valence-electron chi connectivity index (χ0n) is 23.8. The molecule has 2 amide bonds. The Hall–Kier alpha value is -3.89. The van der Waals surface area contributed by atoms with Gasteiger partial charge in [0, 0.05) is 49.5 Å². The van der Waals surface area contributed by atoms with E-state index >= 15 is 0 Å². The van der Waals surface area contributed by atoms with Crippen LogP contribution >= 0.6 is 0 Å². The Labute approximate surface area is 244 Å². The molecule has 0 spiro atoms. The maximum absolute atomic E-state index is 13.6. The molecular weight excluding hydrogens is 545 g/mol. The molecule has 1 aliphatic heterocycles. The molecular formula is C32H37F3N4O3. The second-order valence-corrected chi connectivity index (χ2v) is 10.5. The number of hydrogen-bond donors (Lipinski definition) is 4. The molecule has 224 valence electrons. The highest BCUT2D eigenvalue weighted by atomic mass is 19.4. The predicted molar refractivity (Wildman–Crippen MR) is 157 cm³/mol. The van der Waals surface area contributed by atoms with Crippen molar-refractivity contribution in [1.82, 2.24) is 10.6 Å². The van der Waals surface area contributed by atoms with E-state index in [1.165, 1.54) is 6.07 Å². The van der Waals surface area contributed by atoms with Gasteiger partial charge in [-0.1, -0.05) is 48.5 Å². The first-order chi connectivity index (χ1) is 20.1. The highest BCUT2D eigenvalue weighted by Crippen LogP contribution is 2.32. The van der Waals surface area contributed by atoms with Gasteiger partial charge >= 0.3 is 6.18 Å². The summed E-state index contributed by atoms with van der Waals surface area (Å²) >= 11 is 0. The van der Waals surface area contributed by atoms with Gasteiger partial charge in [-0.15, -0.1) is 0 Å².